The molecule has 0 aromatic carbocycles. The number of likely N-dealkylation sites (N-methyl/N-ethyl adjacent to an activating group) is 1. The van der Waals surface area contributed by atoms with Gasteiger partial charge in [0.1, 0.15) is 5.83 Å². The first-order chi connectivity index (χ1) is 7.67. The van der Waals surface area contributed by atoms with Crippen LogP contribution in [-0.2, 0) is 0 Å². The maximum atomic E-state index is 13.7. The summed E-state index contributed by atoms with van der Waals surface area (Å²) in [5, 5.41) is 0. The van der Waals surface area contributed by atoms with Crippen LogP contribution in [0.3, 0.4) is 0 Å². The minimum atomic E-state index is -0.0495. The van der Waals surface area contributed by atoms with Crippen LogP contribution in [-0.4, -0.2) is 24.5 Å². The Morgan fingerprint density at radius 2 is 2.00 bits per heavy atom. The van der Waals surface area contributed by atoms with Crippen LogP contribution in [0.15, 0.2) is 35.2 Å². The van der Waals surface area contributed by atoms with Crippen molar-refractivity contribution < 1.29 is 4.39 Å². The number of hydrogen-bond acceptors (Lipinski definition) is 1. The second-order valence-corrected chi connectivity index (χ2v) is 4.25. The van der Waals surface area contributed by atoms with Crippen LogP contribution in [0.2, 0.25) is 0 Å². The van der Waals surface area contributed by atoms with E-state index in [2.05, 4.69) is 30.9 Å². The highest BCUT2D eigenvalue weighted by Crippen LogP contribution is 2.19. The summed E-state index contributed by atoms with van der Waals surface area (Å²) in [4.78, 5) is 2.29. The van der Waals surface area contributed by atoms with Gasteiger partial charge >= 0.3 is 0 Å². The predicted molar refractivity (Wildman–Crippen MR) is 68.1 cm³/mol. The SMILES string of the molecule is CCN(CC)CC1=C/C(F)=C(\C)CC/C=C\1. The van der Waals surface area contributed by atoms with Crippen molar-refractivity contribution >= 4 is 0 Å². The van der Waals surface area contributed by atoms with Gasteiger partial charge in [-0.15, -0.1) is 0 Å². The molecule has 0 spiro atoms. The van der Waals surface area contributed by atoms with Gasteiger partial charge in [0.15, 0.2) is 0 Å². The Kier molecular flexibility index (Phi) is 5.47. The molecule has 0 aromatic heterocycles. The Hall–Kier alpha value is -0.890. The first-order valence-corrected chi connectivity index (χ1v) is 6.12. The molecule has 0 saturated carbocycles. The van der Waals surface area contributed by atoms with E-state index in [0.717, 1.165) is 43.6 Å². The third-order valence-electron chi connectivity index (χ3n) is 3.04. The van der Waals surface area contributed by atoms with Crippen LogP contribution >= 0.6 is 0 Å². The van der Waals surface area contributed by atoms with Crippen LogP contribution in [0, 0.1) is 0 Å². The zero-order valence-electron chi connectivity index (χ0n) is 10.6. The van der Waals surface area contributed by atoms with Crippen molar-refractivity contribution in [3.8, 4) is 0 Å². The predicted octanol–water partition coefficient (Wildman–Crippen LogP) is 3.85. The standard InChI is InChI=1S/C14H22FN/c1-4-16(5-2)11-13-9-7-6-8-12(3)14(15)10-13/h7,9-10H,4-6,8,11H2,1-3H3/b9-7-,13-10+,14-12-. The average Bonchev–Trinajstić information content (AvgIpc) is 2.28. The summed E-state index contributed by atoms with van der Waals surface area (Å²) in [5.74, 6) is -0.0495. The average molecular weight is 223 g/mol. The fourth-order valence-electron chi connectivity index (χ4n) is 1.79. The quantitative estimate of drug-likeness (QED) is 0.699. The Morgan fingerprint density at radius 3 is 2.62 bits per heavy atom. The van der Waals surface area contributed by atoms with Crippen molar-refractivity contribution in [3.63, 3.8) is 0 Å². The molecule has 0 heterocycles. The summed E-state index contributed by atoms with van der Waals surface area (Å²) in [6, 6.07) is 0. The Labute approximate surface area is 98.3 Å². The second-order valence-electron chi connectivity index (χ2n) is 4.25. The van der Waals surface area contributed by atoms with Crippen molar-refractivity contribution in [2.45, 2.75) is 33.6 Å². The summed E-state index contributed by atoms with van der Waals surface area (Å²) in [7, 11) is 0. The van der Waals surface area contributed by atoms with Crippen LogP contribution in [0.5, 0.6) is 0 Å². The number of allylic oxidation sites excluding steroid dienone is 4. The highest BCUT2D eigenvalue weighted by molar-refractivity contribution is 5.32. The van der Waals surface area contributed by atoms with Gasteiger partial charge < -0.3 is 0 Å². The Balaban J connectivity index is 2.79. The van der Waals surface area contributed by atoms with Gasteiger partial charge in [-0.05, 0) is 50.1 Å². The molecule has 0 amide bonds. The monoisotopic (exact) mass is 223 g/mol. The Bertz CT molecular complexity index is 309. The molecule has 0 bridgehead atoms. The minimum Gasteiger partial charge on any atom is -0.300 e. The molecule has 0 saturated heterocycles. The van der Waals surface area contributed by atoms with E-state index in [1.807, 2.05) is 6.92 Å². The number of rotatable bonds is 4. The summed E-state index contributed by atoms with van der Waals surface area (Å²) >= 11 is 0. The van der Waals surface area contributed by atoms with E-state index in [0.29, 0.717) is 0 Å². The smallest absolute Gasteiger partial charge is 0.122 e. The van der Waals surface area contributed by atoms with Crippen LogP contribution in [0.4, 0.5) is 4.39 Å². The van der Waals surface area contributed by atoms with E-state index in [-0.39, 0.29) is 5.83 Å². The third-order valence-corrected chi connectivity index (χ3v) is 3.04. The molecule has 0 unspecified atom stereocenters. The van der Waals surface area contributed by atoms with Crippen LogP contribution in [0.1, 0.15) is 33.6 Å². The first-order valence-electron chi connectivity index (χ1n) is 6.12. The van der Waals surface area contributed by atoms with Crippen molar-refractivity contribution in [3.05, 3.63) is 35.2 Å². The lowest BCUT2D eigenvalue weighted by molar-refractivity contribution is 0.332. The summed E-state index contributed by atoms with van der Waals surface area (Å²) in [6.07, 6.45) is 7.66. The van der Waals surface area contributed by atoms with E-state index in [1.54, 1.807) is 6.08 Å². The lowest BCUT2D eigenvalue weighted by Gasteiger charge is -2.19. The van der Waals surface area contributed by atoms with Gasteiger partial charge in [0.2, 0.25) is 0 Å². The number of hydrogen-bond donors (Lipinski definition) is 0. The van der Waals surface area contributed by atoms with Crippen molar-refractivity contribution in [2.24, 2.45) is 0 Å². The molecule has 90 valence electrons. The van der Waals surface area contributed by atoms with E-state index in [9.17, 15) is 4.39 Å². The normalized spacial score (nSPS) is 27.2. The number of nitrogens with zero attached hydrogens (tertiary/aromatic N) is 1. The molecule has 0 atom stereocenters. The van der Waals surface area contributed by atoms with Gasteiger partial charge in [0.25, 0.3) is 0 Å². The van der Waals surface area contributed by atoms with E-state index < -0.39 is 0 Å². The molecule has 2 heteroatoms. The highest BCUT2D eigenvalue weighted by atomic mass is 19.1. The second kappa shape index (κ2) is 6.64. The van der Waals surface area contributed by atoms with E-state index >= 15 is 0 Å². The summed E-state index contributed by atoms with van der Waals surface area (Å²) in [5.41, 5.74) is 1.93. The van der Waals surface area contributed by atoms with Crippen LogP contribution < -0.4 is 0 Å². The zero-order chi connectivity index (χ0) is 12.0. The number of halogens is 1. The van der Waals surface area contributed by atoms with Crippen molar-refractivity contribution in [1.82, 2.24) is 4.90 Å². The Morgan fingerprint density at radius 1 is 1.31 bits per heavy atom. The van der Waals surface area contributed by atoms with Gasteiger partial charge in [-0.1, -0.05) is 26.0 Å². The lowest BCUT2D eigenvalue weighted by atomic mass is 10.0. The maximum absolute atomic E-state index is 13.7. The molecule has 0 N–H and O–H groups in total. The molecular weight excluding hydrogens is 201 g/mol. The van der Waals surface area contributed by atoms with Crippen LogP contribution in [0.25, 0.3) is 0 Å². The van der Waals surface area contributed by atoms with E-state index in [4.69, 9.17) is 0 Å². The first kappa shape index (κ1) is 13.2. The topological polar surface area (TPSA) is 3.24 Å². The molecule has 1 rings (SSSR count). The third kappa shape index (κ3) is 3.93. The molecular formula is C14H22FN. The van der Waals surface area contributed by atoms with Gasteiger partial charge in [-0.3, -0.25) is 4.90 Å². The fourth-order valence-corrected chi connectivity index (χ4v) is 1.79. The minimum absolute atomic E-state index is 0.0495. The zero-order valence-corrected chi connectivity index (χ0v) is 10.6. The van der Waals surface area contributed by atoms with Gasteiger partial charge in [0.05, 0.1) is 0 Å². The molecule has 0 aromatic rings. The molecule has 1 aliphatic rings. The fraction of sp³-hybridized carbons (Fsp3) is 0.571. The van der Waals surface area contributed by atoms with Gasteiger partial charge in [-0.25, -0.2) is 4.39 Å². The molecule has 1 aliphatic carbocycles. The highest BCUT2D eigenvalue weighted by Gasteiger charge is 2.06. The molecule has 16 heavy (non-hydrogen) atoms. The van der Waals surface area contributed by atoms with Crippen molar-refractivity contribution in [2.75, 3.05) is 19.6 Å². The summed E-state index contributed by atoms with van der Waals surface area (Å²) in [6.45, 7) is 8.99. The van der Waals surface area contributed by atoms with Crippen molar-refractivity contribution in [1.29, 1.82) is 0 Å². The van der Waals surface area contributed by atoms with Gasteiger partial charge in [0, 0.05) is 6.54 Å². The molecule has 1 nitrogen and oxygen atoms in total. The largest absolute Gasteiger partial charge is 0.300 e. The lowest BCUT2D eigenvalue weighted by Crippen LogP contribution is -2.25. The van der Waals surface area contributed by atoms with E-state index in [1.165, 1.54) is 0 Å². The molecule has 0 aliphatic heterocycles. The summed E-state index contributed by atoms with van der Waals surface area (Å²) < 4.78 is 13.7. The maximum Gasteiger partial charge on any atom is 0.122 e. The molecule has 0 radical (unpaired) electrons. The van der Waals surface area contributed by atoms with Gasteiger partial charge in [-0.2, -0.15) is 0 Å². The molecule has 0 fully saturated rings.